The number of hydrogen-bond donors (Lipinski definition) is 1. The molecular formula is C22H22N2O4S. The SMILES string of the molecule is Cc1ccc(S(=O)(=O)Nc2cc(C)c(C)cc2C(=O)c2cc[n+]([O-])cc2C)cc1. The van der Waals surface area contributed by atoms with Crippen LogP contribution in [0.2, 0.25) is 0 Å². The van der Waals surface area contributed by atoms with Crippen molar-refractivity contribution in [3.8, 4) is 0 Å². The van der Waals surface area contributed by atoms with Crippen molar-refractivity contribution in [3.63, 3.8) is 0 Å². The summed E-state index contributed by atoms with van der Waals surface area (Å²) in [5.41, 5.74) is 3.95. The van der Waals surface area contributed by atoms with Gasteiger partial charge in [-0.3, -0.25) is 9.52 Å². The lowest BCUT2D eigenvalue weighted by Gasteiger charge is -2.15. The van der Waals surface area contributed by atoms with Crippen molar-refractivity contribution < 1.29 is 17.9 Å². The van der Waals surface area contributed by atoms with Gasteiger partial charge < -0.3 is 5.21 Å². The van der Waals surface area contributed by atoms with Crippen LogP contribution in [-0.4, -0.2) is 14.2 Å². The Morgan fingerprint density at radius 2 is 1.52 bits per heavy atom. The largest absolute Gasteiger partial charge is 0.619 e. The Kier molecular flexibility index (Phi) is 5.44. The predicted octanol–water partition coefficient (Wildman–Crippen LogP) is 3.59. The van der Waals surface area contributed by atoms with Gasteiger partial charge in [0, 0.05) is 22.8 Å². The third-order valence-electron chi connectivity index (χ3n) is 4.83. The fraction of sp³-hybridized carbons (Fsp3) is 0.182. The molecule has 2 aromatic carbocycles. The summed E-state index contributed by atoms with van der Waals surface area (Å²) in [7, 11) is -3.87. The van der Waals surface area contributed by atoms with E-state index in [2.05, 4.69) is 4.72 Å². The molecule has 1 heterocycles. The van der Waals surface area contributed by atoms with E-state index in [-0.39, 0.29) is 21.9 Å². The number of hydrogen-bond acceptors (Lipinski definition) is 4. The molecule has 0 aliphatic carbocycles. The smallest absolute Gasteiger partial charge is 0.261 e. The first-order valence-corrected chi connectivity index (χ1v) is 10.5. The van der Waals surface area contributed by atoms with Gasteiger partial charge in [-0.25, -0.2) is 8.42 Å². The molecule has 0 amide bonds. The molecule has 0 aliphatic rings. The molecule has 0 unspecified atom stereocenters. The average Bonchev–Trinajstić information content (AvgIpc) is 2.64. The van der Waals surface area contributed by atoms with Gasteiger partial charge in [-0.05, 0) is 63.1 Å². The van der Waals surface area contributed by atoms with E-state index < -0.39 is 10.0 Å². The van der Waals surface area contributed by atoms with E-state index in [1.165, 1.54) is 30.6 Å². The Hall–Kier alpha value is -3.19. The molecule has 0 bridgehead atoms. The average molecular weight is 410 g/mol. The van der Waals surface area contributed by atoms with Crippen molar-refractivity contribution in [2.24, 2.45) is 0 Å². The van der Waals surface area contributed by atoms with Crippen LogP contribution < -0.4 is 9.45 Å². The molecule has 0 saturated heterocycles. The Morgan fingerprint density at radius 3 is 2.14 bits per heavy atom. The summed E-state index contributed by atoms with van der Waals surface area (Å²) in [4.78, 5) is 13.3. The number of aromatic nitrogens is 1. The normalized spacial score (nSPS) is 11.3. The second kappa shape index (κ2) is 7.67. The van der Waals surface area contributed by atoms with Crippen LogP contribution in [0.4, 0.5) is 5.69 Å². The molecule has 6 nitrogen and oxygen atoms in total. The molecular weight excluding hydrogens is 388 g/mol. The molecule has 3 aromatic rings. The predicted molar refractivity (Wildman–Crippen MR) is 111 cm³/mol. The van der Waals surface area contributed by atoms with Crippen LogP contribution in [0.25, 0.3) is 0 Å². The van der Waals surface area contributed by atoms with E-state index in [1.807, 2.05) is 20.8 Å². The summed E-state index contributed by atoms with van der Waals surface area (Å²) in [6.45, 7) is 7.24. The summed E-state index contributed by atoms with van der Waals surface area (Å²) in [6.07, 6.45) is 2.56. The number of carbonyl (C=O) groups excluding carboxylic acids is 1. The molecule has 1 aromatic heterocycles. The highest BCUT2D eigenvalue weighted by Gasteiger charge is 2.22. The zero-order valence-electron chi connectivity index (χ0n) is 16.7. The van der Waals surface area contributed by atoms with E-state index in [0.29, 0.717) is 15.9 Å². The van der Waals surface area contributed by atoms with Crippen molar-refractivity contribution in [2.45, 2.75) is 32.6 Å². The highest BCUT2D eigenvalue weighted by molar-refractivity contribution is 7.92. The number of nitrogens with zero attached hydrogens (tertiary/aromatic N) is 1. The van der Waals surface area contributed by atoms with Crippen LogP contribution >= 0.6 is 0 Å². The second-order valence-electron chi connectivity index (χ2n) is 7.13. The number of carbonyl (C=O) groups is 1. The first-order valence-electron chi connectivity index (χ1n) is 9.03. The van der Waals surface area contributed by atoms with Crippen molar-refractivity contribution in [1.29, 1.82) is 0 Å². The zero-order chi connectivity index (χ0) is 21.3. The van der Waals surface area contributed by atoms with Crippen molar-refractivity contribution in [2.75, 3.05) is 4.72 Å². The van der Waals surface area contributed by atoms with E-state index in [0.717, 1.165) is 16.7 Å². The number of anilines is 1. The highest BCUT2D eigenvalue weighted by Crippen LogP contribution is 2.27. The Labute approximate surface area is 170 Å². The van der Waals surface area contributed by atoms with Crippen molar-refractivity contribution >= 4 is 21.5 Å². The number of sulfonamides is 1. The summed E-state index contributed by atoms with van der Waals surface area (Å²) in [5, 5.41) is 11.4. The zero-order valence-corrected chi connectivity index (χ0v) is 17.5. The van der Waals surface area contributed by atoms with Gasteiger partial charge in [-0.2, -0.15) is 4.73 Å². The number of nitrogens with one attached hydrogen (secondary N) is 1. The highest BCUT2D eigenvalue weighted by atomic mass is 32.2. The van der Waals surface area contributed by atoms with Gasteiger partial charge in [0.05, 0.1) is 10.6 Å². The van der Waals surface area contributed by atoms with E-state index in [1.54, 1.807) is 31.2 Å². The Morgan fingerprint density at radius 1 is 0.897 bits per heavy atom. The molecule has 0 saturated carbocycles. The summed E-state index contributed by atoms with van der Waals surface area (Å²) < 4.78 is 28.9. The van der Waals surface area contributed by atoms with Gasteiger partial charge in [0.1, 0.15) is 0 Å². The van der Waals surface area contributed by atoms with E-state index in [4.69, 9.17) is 0 Å². The van der Waals surface area contributed by atoms with Crippen LogP contribution in [-0.2, 0) is 10.0 Å². The lowest BCUT2D eigenvalue weighted by atomic mass is 9.96. The second-order valence-corrected chi connectivity index (χ2v) is 8.81. The van der Waals surface area contributed by atoms with Gasteiger partial charge in [0.15, 0.2) is 18.2 Å². The van der Waals surface area contributed by atoms with E-state index >= 15 is 0 Å². The minimum Gasteiger partial charge on any atom is -0.619 e. The molecule has 1 N–H and O–H groups in total. The molecule has 7 heteroatoms. The summed E-state index contributed by atoms with van der Waals surface area (Å²) >= 11 is 0. The number of aryl methyl sites for hydroxylation is 4. The third-order valence-corrected chi connectivity index (χ3v) is 6.21. The van der Waals surface area contributed by atoms with Crippen LogP contribution in [0.3, 0.4) is 0 Å². The van der Waals surface area contributed by atoms with Crippen LogP contribution in [0.5, 0.6) is 0 Å². The number of rotatable bonds is 5. The minimum atomic E-state index is -3.87. The van der Waals surface area contributed by atoms with Crippen LogP contribution in [0, 0.1) is 32.9 Å². The third kappa shape index (κ3) is 4.30. The van der Waals surface area contributed by atoms with Gasteiger partial charge in [-0.15, -0.1) is 0 Å². The maximum Gasteiger partial charge on any atom is 0.261 e. The van der Waals surface area contributed by atoms with Crippen molar-refractivity contribution in [1.82, 2.24) is 0 Å². The molecule has 29 heavy (non-hydrogen) atoms. The first kappa shape index (κ1) is 20.5. The van der Waals surface area contributed by atoms with E-state index in [9.17, 15) is 18.4 Å². The fourth-order valence-corrected chi connectivity index (χ4v) is 4.06. The molecule has 0 fully saturated rings. The number of benzene rings is 2. The molecule has 0 atom stereocenters. The van der Waals surface area contributed by atoms with Gasteiger partial charge >= 0.3 is 0 Å². The Balaban J connectivity index is 2.09. The van der Waals surface area contributed by atoms with Crippen LogP contribution in [0.1, 0.15) is 38.2 Å². The van der Waals surface area contributed by atoms with Gasteiger partial charge in [0.25, 0.3) is 10.0 Å². The lowest BCUT2D eigenvalue weighted by Crippen LogP contribution is -2.26. The number of ketones is 1. The molecule has 0 spiro atoms. The minimum absolute atomic E-state index is 0.114. The first-order chi connectivity index (χ1) is 13.6. The Bertz CT molecular complexity index is 1200. The summed E-state index contributed by atoms with van der Waals surface area (Å²) in [5.74, 6) is -0.354. The standard InChI is InChI=1S/C22H22N2O4S/c1-14-5-7-18(8-6-14)29(27,28)23-21-12-16(3)15(2)11-20(21)22(25)19-9-10-24(26)13-17(19)4/h5-13,23H,1-4H3. The molecule has 0 aliphatic heterocycles. The maximum absolute atomic E-state index is 13.2. The van der Waals surface area contributed by atoms with Gasteiger partial charge in [0.2, 0.25) is 0 Å². The quantitative estimate of drug-likeness (QED) is 0.395. The topological polar surface area (TPSA) is 90.2 Å². The molecule has 150 valence electrons. The van der Waals surface area contributed by atoms with Gasteiger partial charge in [-0.1, -0.05) is 17.7 Å². The fourth-order valence-electron chi connectivity index (χ4n) is 2.99. The monoisotopic (exact) mass is 410 g/mol. The molecule has 3 rings (SSSR count). The lowest BCUT2D eigenvalue weighted by molar-refractivity contribution is -0.605. The van der Waals surface area contributed by atoms with Crippen molar-refractivity contribution in [3.05, 3.63) is 93.4 Å². The summed E-state index contributed by atoms with van der Waals surface area (Å²) in [6, 6.07) is 11.2. The van der Waals surface area contributed by atoms with Crippen LogP contribution in [0.15, 0.2) is 59.8 Å². The molecule has 0 radical (unpaired) electrons. The maximum atomic E-state index is 13.2. The number of pyridine rings is 1.